The van der Waals surface area contributed by atoms with E-state index in [4.69, 9.17) is 19.4 Å². The summed E-state index contributed by atoms with van der Waals surface area (Å²) in [5.41, 5.74) is 7.39. The van der Waals surface area contributed by atoms with Crippen LogP contribution in [0.3, 0.4) is 0 Å². The number of ether oxygens (including phenoxy) is 2. The van der Waals surface area contributed by atoms with Crippen molar-refractivity contribution in [2.45, 2.75) is 105 Å². The van der Waals surface area contributed by atoms with Crippen LogP contribution < -0.4 is 11.2 Å². The van der Waals surface area contributed by atoms with Crippen molar-refractivity contribution in [3.05, 3.63) is 43.0 Å². The first-order valence-corrected chi connectivity index (χ1v) is 15.2. The quantitative estimate of drug-likeness (QED) is 0.154. The minimum atomic E-state index is -2.17. The molecular formula is C24H41N5O6Si. The SMILES string of the molecule is Cc1cn([C@H]2C[C@H](N=[N+]=[N-])[C@@H](CO[Si](C)(C)C(C)(C)C(C)C)O2)c(=O)n(COC(=O)C(C)(C)C)c1=O. The summed E-state index contributed by atoms with van der Waals surface area (Å²) in [5, 5.41) is 3.89. The molecule has 0 aromatic carbocycles. The van der Waals surface area contributed by atoms with Crippen molar-refractivity contribution >= 4 is 14.3 Å². The van der Waals surface area contributed by atoms with Gasteiger partial charge in [-0.25, -0.2) is 9.36 Å². The van der Waals surface area contributed by atoms with Gasteiger partial charge in [0.05, 0.1) is 24.2 Å². The van der Waals surface area contributed by atoms with Crippen LogP contribution in [0.25, 0.3) is 10.4 Å². The predicted octanol–water partition coefficient (Wildman–Crippen LogP) is 4.49. The molecule has 1 aliphatic rings. The fourth-order valence-corrected chi connectivity index (χ4v) is 6.16. The van der Waals surface area contributed by atoms with Crippen molar-refractivity contribution in [2.75, 3.05) is 6.61 Å². The van der Waals surface area contributed by atoms with Gasteiger partial charge in [-0.3, -0.25) is 14.2 Å². The van der Waals surface area contributed by atoms with Crippen LogP contribution in [-0.2, 0) is 25.4 Å². The van der Waals surface area contributed by atoms with E-state index in [2.05, 4.69) is 50.8 Å². The Balaban J connectivity index is 2.32. The van der Waals surface area contributed by atoms with Crippen molar-refractivity contribution in [3.63, 3.8) is 0 Å². The molecule has 1 aromatic rings. The van der Waals surface area contributed by atoms with Gasteiger partial charge in [0.15, 0.2) is 15.0 Å². The molecule has 2 rings (SSSR count). The number of aryl methyl sites for hydroxylation is 1. The Hall–Kier alpha value is -2.40. The molecule has 1 saturated heterocycles. The van der Waals surface area contributed by atoms with Crippen LogP contribution in [0.15, 0.2) is 20.9 Å². The lowest BCUT2D eigenvalue weighted by Gasteiger charge is -2.43. The van der Waals surface area contributed by atoms with Crippen LogP contribution in [0.5, 0.6) is 0 Å². The van der Waals surface area contributed by atoms with E-state index < -0.39 is 56.1 Å². The van der Waals surface area contributed by atoms with Gasteiger partial charge in [0.25, 0.3) is 5.56 Å². The van der Waals surface area contributed by atoms with Crippen LogP contribution >= 0.6 is 0 Å². The van der Waals surface area contributed by atoms with E-state index in [9.17, 15) is 14.4 Å². The number of carbonyl (C=O) groups is 1. The van der Waals surface area contributed by atoms with E-state index in [0.29, 0.717) is 5.92 Å². The molecule has 3 atom stereocenters. The van der Waals surface area contributed by atoms with E-state index in [1.165, 1.54) is 10.8 Å². The largest absolute Gasteiger partial charge is 0.443 e. The van der Waals surface area contributed by atoms with Crippen molar-refractivity contribution in [1.82, 2.24) is 9.13 Å². The maximum absolute atomic E-state index is 13.2. The van der Waals surface area contributed by atoms with Crippen molar-refractivity contribution in [2.24, 2.45) is 16.4 Å². The molecule has 0 bridgehead atoms. The molecule has 1 aromatic heterocycles. The molecule has 0 amide bonds. The van der Waals surface area contributed by atoms with Gasteiger partial charge in [-0.2, -0.15) is 0 Å². The highest BCUT2D eigenvalue weighted by Crippen LogP contribution is 2.45. The summed E-state index contributed by atoms with van der Waals surface area (Å²) in [6, 6.07) is -0.543. The molecule has 12 heteroatoms. The summed E-state index contributed by atoms with van der Waals surface area (Å²) in [6.45, 7) is 19.4. The molecule has 202 valence electrons. The van der Waals surface area contributed by atoms with Crippen LogP contribution in [-0.4, -0.2) is 42.2 Å². The Morgan fingerprint density at radius 3 is 2.42 bits per heavy atom. The van der Waals surface area contributed by atoms with Gasteiger partial charge in [0, 0.05) is 23.1 Å². The first-order chi connectivity index (χ1) is 16.4. The van der Waals surface area contributed by atoms with E-state index >= 15 is 0 Å². The predicted molar refractivity (Wildman–Crippen MR) is 139 cm³/mol. The lowest BCUT2D eigenvalue weighted by atomic mass is 9.98. The lowest BCUT2D eigenvalue weighted by molar-refractivity contribution is -0.157. The highest BCUT2D eigenvalue weighted by atomic mass is 28.4. The summed E-state index contributed by atoms with van der Waals surface area (Å²) in [7, 11) is -2.17. The van der Waals surface area contributed by atoms with Crippen LogP contribution in [0.2, 0.25) is 18.1 Å². The van der Waals surface area contributed by atoms with Crippen LogP contribution in [0.1, 0.15) is 66.7 Å². The standard InChI is InChI=1S/C24H41N5O6Si/c1-15(2)24(7,8)36(9,10)34-13-18-17(26-27-25)11-19(35-18)28-12-16(3)20(30)29(22(28)32)14-33-21(31)23(4,5)6/h12,15,17-19H,11,13-14H2,1-10H3/t17-,18+,19+/m0/s1. The zero-order chi connectivity index (χ0) is 27.6. The zero-order valence-electron chi connectivity index (χ0n) is 23.2. The topological polar surface area (TPSA) is 138 Å². The third-order valence-corrected chi connectivity index (χ3v) is 12.2. The molecule has 36 heavy (non-hydrogen) atoms. The van der Waals surface area contributed by atoms with Gasteiger partial charge in [-0.15, -0.1) is 0 Å². The Morgan fingerprint density at radius 2 is 1.89 bits per heavy atom. The number of rotatable bonds is 9. The fraction of sp³-hybridized carbons (Fsp3) is 0.792. The Morgan fingerprint density at radius 1 is 1.28 bits per heavy atom. The molecule has 2 heterocycles. The normalized spacial score (nSPS) is 20.9. The smallest absolute Gasteiger partial charge is 0.335 e. The van der Waals surface area contributed by atoms with Crippen molar-refractivity contribution in [3.8, 4) is 0 Å². The Kier molecular flexibility index (Phi) is 9.04. The molecule has 1 fully saturated rings. The molecular weight excluding hydrogens is 482 g/mol. The molecule has 0 spiro atoms. The molecule has 0 radical (unpaired) electrons. The monoisotopic (exact) mass is 523 g/mol. The number of aromatic nitrogens is 2. The van der Waals surface area contributed by atoms with E-state index in [1.807, 2.05) is 0 Å². The second-order valence-corrected chi connectivity index (χ2v) is 16.5. The summed E-state index contributed by atoms with van der Waals surface area (Å²) in [4.78, 5) is 41.0. The highest BCUT2D eigenvalue weighted by molar-refractivity contribution is 6.74. The first kappa shape index (κ1) is 29.8. The summed E-state index contributed by atoms with van der Waals surface area (Å²) in [6.07, 6.45) is 0.349. The number of esters is 1. The van der Waals surface area contributed by atoms with Crippen LogP contribution in [0.4, 0.5) is 0 Å². The van der Waals surface area contributed by atoms with Gasteiger partial charge in [-0.05, 0) is 57.3 Å². The number of carbonyl (C=O) groups excluding carboxylic acids is 1. The maximum atomic E-state index is 13.2. The third-order valence-electron chi connectivity index (χ3n) is 7.62. The Bertz CT molecular complexity index is 1130. The first-order valence-electron chi connectivity index (χ1n) is 12.3. The van der Waals surface area contributed by atoms with Crippen molar-refractivity contribution < 1.29 is 18.7 Å². The molecule has 1 aliphatic heterocycles. The minimum Gasteiger partial charge on any atom is -0.443 e. The number of hydrogen-bond acceptors (Lipinski definition) is 7. The summed E-state index contributed by atoms with van der Waals surface area (Å²) < 4.78 is 20.0. The van der Waals surface area contributed by atoms with Gasteiger partial charge >= 0.3 is 11.7 Å². The second-order valence-electron chi connectivity index (χ2n) is 11.9. The average molecular weight is 524 g/mol. The van der Waals surface area contributed by atoms with Gasteiger partial charge in [0.2, 0.25) is 0 Å². The molecule has 0 unspecified atom stereocenters. The fourth-order valence-electron chi connectivity index (χ4n) is 3.81. The maximum Gasteiger partial charge on any atom is 0.335 e. The zero-order valence-corrected chi connectivity index (χ0v) is 24.2. The van der Waals surface area contributed by atoms with E-state index in [1.54, 1.807) is 27.7 Å². The third kappa shape index (κ3) is 6.29. The van der Waals surface area contributed by atoms with Crippen molar-refractivity contribution in [1.29, 1.82) is 0 Å². The Labute approximate surface area is 213 Å². The summed E-state index contributed by atoms with van der Waals surface area (Å²) >= 11 is 0. The molecule has 0 saturated carbocycles. The number of nitrogens with zero attached hydrogens (tertiary/aromatic N) is 5. The number of hydrogen-bond donors (Lipinski definition) is 0. The summed E-state index contributed by atoms with van der Waals surface area (Å²) in [5.74, 6) is -0.116. The van der Waals surface area contributed by atoms with E-state index in [0.717, 1.165) is 4.57 Å². The molecule has 0 N–H and O–H groups in total. The number of azide groups is 1. The van der Waals surface area contributed by atoms with Gasteiger partial charge in [-0.1, -0.05) is 32.8 Å². The molecule has 11 nitrogen and oxygen atoms in total. The van der Waals surface area contributed by atoms with Crippen LogP contribution in [0, 0.1) is 18.3 Å². The molecule has 0 aliphatic carbocycles. The second kappa shape index (κ2) is 10.9. The minimum absolute atomic E-state index is 0.00691. The van der Waals surface area contributed by atoms with Gasteiger partial charge < -0.3 is 13.9 Å². The van der Waals surface area contributed by atoms with Gasteiger partial charge in [0.1, 0.15) is 6.23 Å². The highest BCUT2D eigenvalue weighted by Gasteiger charge is 2.45. The lowest BCUT2D eigenvalue weighted by Crippen LogP contribution is -2.47. The van der Waals surface area contributed by atoms with E-state index in [-0.39, 0.29) is 23.6 Å². The average Bonchev–Trinajstić information content (AvgIpc) is 3.16.